The summed E-state index contributed by atoms with van der Waals surface area (Å²) in [4.78, 5) is 6.12. The molecule has 0 amide bonds. The lowest BCUT2D eigenvalue weighted by Crippen LogP contribution is -2.20. The van der Waals surface area contributed by atoms with E-state index in [-0.39, 0.29) is 41.3 Å². The number of hydrogen-bond donors (Lipinski definition) is 3. The van der Waals surface area contributed by atoms with Crippen LogP contribution in [0.15, 0.2) is 60.7 Å². The van der Waals surface area contributed by atoms with Gasteiger partial charge >= 0.3 is 0 Å². The lowest BCUT2D eigenvalue weighted by Gasteiger charge is -2.26. The van der Waals surface area contributed by atoms with Crippen LogP contribution in [0, 0.1) is 17.0 Å². The summed E-state index contributed by atoms with van der Waals surface area (Å²) in [5, 5.41) is 14.7. The maximum absolute atomic E-state index is 15.9. The van der Waals surface area contributed by atoms with E-state index in [0.29, 0.717) is 29.4 Å². The Balaban J connectivity index is 1.80. The van der Waals surface area contributed by atoms with E-state index in [1.807, 2.05) is 20.8 Å². The molecule has 4 N–H and O–H groups in total. The van der Waals surface area contributed by atoms with Crippen molar-refractivity contribution in [2.45, 2.75) is 33.4 Å². The molecule has 0 radical (unpaired) electrons. The smallest absolute Gasteiger partial charge is 0.188 e. The lowest BCUT2D eigenvalue weighted by molar-refractivity contribution is 0.229. The average molecular weight is 507 g/mol. The van der Waals surface area contributed by atoms with Crippen molar-refractivity contribution in [2.24, 2.45) is 5.73 Å². The Bertz CT molecular complexity index is 1390. The Morgan fingerprint density at radius 2 is 1.84 bits per heavy atom. The van der Waals surface area contributed by atoms with Gasteiger partial charge in [-0.05, 0) is 57.2 Å². The molecule has 0 spiro atoms. The zero-order chi connectivity index (χ0) is 26.5. The minimum Gasteiger partial charge on any atom is -0.494 e. The molecule has 0 saturated heterocycles. The summed E-state index contributed by atoms with van der Waals surface area (Å²) in [6.45, 7) is 5.90. The third kappa shape index (κ3) is 5.85. The molecule has 8 nitrogen and oxygen atoms in total. The lowest BCUT2D eigenvalue weighted by atomic mass is 10.1. The molecule has 0 aliphatic rings. The fraction of sp³-hybridized carbons (Fsp3) is 0.222. The van der Waals surface area contributed by atoms with Crippen molar-refractivity contribution in [3.8, 4) is 22.9 Å². The second-order valence-corrected chi connectivity index (χ2v) is 8.49. The SMILES string of the molecule is CCOc1cc(OC(C)C)c(F)c(N(Cc2nc(-c3ccccc3F)n[nH]2)c2ccc(C(=N)N)cc2)c1. The summed E-state index contributed by atoms with van der Waals surface area (Å²) < 4.78 is 41.6. The summed E-state index contributed by atoms with van der Waals surface area (Å²) in [6, 6.07) is 16.1. The maximum atomic E-state index is 15.9. The van der Waals surface area contributed by atoms with E-state index in [9.17, 15) is 4.39 Å². The van der Waals surface area contributed by atoms with Crippen LogP contribution in [-0.4, -0.2) is 33.7 Å². The highest BCUT2D eigenvalue weighted by Gasteiger charge is 2.23. The van der Waals surface area contributed by atoms with Crippen LogP contribution in [0.1, 0.15) is 32.2 Å². The topological polar surface area (TPSA) is 113 Å². The quantitative estimate of drug-likeness (QED) is 0.192. The van der Waals surface area contributed by atoms with Crippen molar-refractivity contribution in [3.63, 3.8) is 0 Å². The van der Waals surface area contributed by atoms with Gasteiger partial charge in [0.2, 0.25) is 0 Å². The monoisotopic (exact) mass is 506 g/mol. The molecule has 37 heavy (non-hydrogen) atoms. The van der Waals surface area contributed by atoms with Crippen molar-refractivity contribution < 1.29 is 18.3 Å². The van der Waals surface area contributed by atoms with Gasteiger partial charge in [0.15, 0.2) is 17.4 Å². The number of rotatable bonds is 10. The molecule has 0 aliphatic heterocycles. The molecule has 4 aromatic rings. The van der Waals surface area contributed by atoms with E-state index in [4.69, 9.17) is 20.6 Å². The van der Waals surface area contributed by atoms with Gasteiger partial charge in [-0.2, -0.15) is 5.10 Å². The highest BCUT2D eigenvalue weighted by atomic mass is 19.1. The number of halogens is 2. The molecule has 192 valence electrons. The van der Waals surface area contributed by atoms with Gasteiger partial charge in [0.1, 0.15) is 23.2 Å². The van der Waals surface area contributed by atoms with Crippen molar-refractivity contribution in [1.29, 1.82) is 5.41 Å². The van der Waals surface area contributed by atoms with Crippen LogP contribution >= 0.6 is 0 Å². The Morgan fingerprint density at radius 3 is 2.49 bits per heavy atom. The number of nitrogens with one attached hydrogen (secondary N) is 2. The van der Waals surface area contributed by atoms with Gasteiger partial charge in [-0.25, -0.2) is 13.8 Å². The number of benzene rings is 3. The number of nitrogens with zero attached hydrogens (tertiary/aromatic N) is 3. The van der Waals surface area contributed by atoms with E-state index in [1.165, 1.54) is 12.1 Å². The van der Waals surface area contributed by atoms with E-state index in [1.54, 1.807) is 53.4 Å². The van der Waals surface area contributed by atoms with Gasteiger partial charge in [-0.1, -0.05) is 12.1 Å². The molecule has 0 unspecified atom stereocenters. The van der Waals surface area contributed by atoms with Crippen LogP contribution in [0.3, 0.4) is 0 Å². The maximum Gasteiger partial charge on any atom is 0.188 e. The predicted octanol–water partition coefficient (Wildman–Crippen LogP) is 5.56. The van der Waals surface area contributed by atoms with Crippen LogP contribution in [0.4, 0.5) is 20.2 Å². The highest BCUT2D eigenvalue weighted by Crippen LogP contribution is 2.38. The molecular weight excluding hydrogens is 478 g/mol. The normalized spacial score (nSPS) is 11.0. The van der Waals surface area contributed by atoms with Gasteiger partial charge in [0.25, 0.3) is 0 Å². The van der Waals surface area contributed by atoms with Crippen LogP contribution in [0.5, 0.6) is 11.5 Å². The van der Waals surface area contributed by atoms with Crippen LogP contribution in [0.2, 0.25) is 0 Å². The van der Waals surface area contributed by atoms with E-state index >= 15 is 4.39 Å². The first-order valence-corrected chi connectivity index (χ1v) is 11.8. The summed E-state index contributed by atoms with van der Waals surface area (Å²) >= 11 is 0. The third-order valence-corrected chi connectivity index (χ3v) is 5.40. The van der Waals surface area contributed by atoms with Gasteiger partial charge in [-0.15, -0.1) is 0 Å². The van der Waals surface area contributed by atoms with Crippen LogP contribution in [-0.2, 0) is 6.54 Å². The Morgan fingerprint density at radius 1 is 1.11 bits per heavy atom. The number of nitrogen functional groups attached to an aromatic ring is 1. The minimum absolute atomic E-state index is 0.0471. The molecule has 10 heteroatoms. The number of H-pyrrole nitrogens is 1. The standard InChI is InChI=1S/C27H28F2N6O2/c1-4-36-19-13-22(25(29)23(14-19)37-16(2)3)35(18-11-9-17(10-12-18)26(30)31)15-24-32-27(34-33-24)20-7-5-6-8-21(20)28/h5-14,16H,4,15H2,1-3H3,(H3,30,31)(H,32,33,34). The Hall–Kier alpha value is -4.47. The van der Waals surface area contributed by atoms with Gasteiger partial charge in [0, 0.05) is 23.4 Å². The number of hydrogen-bond acceptors (Lipinski definition) is 6. The number of ether oxygens (including phenoxy) is 2. The molecule has 0 atom stereocenters. The second kappa shape index (κ2) is 11.1. The fourth-order valence-corrected chi connectivity index (χ4v) is 3.76. The predicted molar refractivity (Wildman–Crippen MR) is 138 cm³/mol. The molecule has 1 heterocycles. The second-order valence-electron chi connectivity index (χ2n) is 8.49. The van der Waals surface area contributed by atoms with Crippen molar-refractivity contribution in [3.05, 3.63) is 83.7 Å². The van der Waals surface area contributed by atoms with E-state index < -0.39 is 11.6 Å². The molecule has 4 rings (SSSR count). The van der Waals surface area contributed by atoms with Crippen molar-refractivity contribution in [1.82, 2.24) is 15.2 Å². The Labute approximate surface area is 213 Å². The molecule has 0 aliphatic carbocycles. The average Bonchev–Trinajstić information content (AvgIpc) is 3.33. The first-order chi connectivity index (χ1) is 17.8. The molecule has 0 bridgehead atoms. The first-order valence-electron chi connectivity index (χ1n) is 11.8. The van der Waals surface area contributed by atoms with Gasteiger partial charge in [0.05, 0.1) is 30.5 Å². The van der Waals surface area contributed by atoms with Crippen molar-refractivity contribution in [2.75, 3.05) is 11.5 Å². The number of nitrogens with two attached hydrogens (primary N) is 1. The first kappa shape index (κ1) is 25.6. The zero-order valence-electron chi connectivity index (χ0n) is 20.8. The van der Waals surface area contributed by atoms with Gasteiger partial charge in [-0.3, -0.25) is 10.5 Å². The number of aromatic amines is 1. The Kier molecular flexibility index (Phi) is 7.66. The summed E-state index contributed by atoms with van der Waals surface area (Å²) in [7, 11) is 0. The number of anilines is 2. The van der Waals surface area contributed by atoms with Crippen molar-refractivity contribution >= 4 is 17.2 Å². The zero-order valence-corrected chi connectivity index (χ0v) is 20.8. The molecule has 1 aromatic heterocycles. The summed E-state index contributed by atoms with van der Waals surface area (Å²) in [5.41, 5.74) is 7.16. The molecular formula is C27H28F2N6O2. The molecule has 0 fully saturated rings. The number of aromatic nitrogens is 3. The van der Waals surface area contributed by atoms with E-state index in [0.717, 1.165) is 0 Å². The van der Waals surface area contributed by atoms with Crippen LogP contribution < -0.4 is 20.1 Å². The highest BCUT2D eigenvalue weighted by molar-refractivity contribution is 5.95. The number of amidine groups is 1. The minimum atomic E-state index is -0.582. The molecule has 3 aromatic carbocycles. The summed E-state index contributed by atoms with van der Waals surface area (Å²) in [5.74, 6) is -0.0680. The largest absolute Gasteiger partial charge is 0.494 e. The third-order valence-electron chi connectivity index (χ3n) is 5.40. The summed E-state index contributed by atoms with van der Waals surface area (Å²) in [6.07, 6.45) is -0.264. The van der Waals surface area contributed by atoms with E-state index in [2.05, 4.69) is 15.2 Å². The molecule has 0 saturated carbocycles. The fourth-order valence-electron chi connectivity index (χ4n) is 3.76. The van der Waals surface area contributed by atoms with Gasteiger partial charge < -0.3 is 20.1 Å². The van der Waals surface area contributed by atoms with Crippen LogP contribution in [0.25, 0.3) is 11.4 Å².